The van der Waals surface area contributed by atoms with Crippen LogP contribution in [0.3, 0.4) is 0 Å². The van der Waals surface area contributed by atoms with Crippen molar-refractivity contribution >= 4 is 23.6 Å². The summed E-state index contributed by atoms with van der Waals surface area (Å²) in [5.41, 5.74) is -0.450. The first-order valence-electron chi connectivity index (χ1n) is 5.51. The summed E-state index contributed by atoms with van der Waals surface area (Å²) < 4.78 is 9.84. The number of ether oxygens (including phenoxy) is 2. The summed E-state index contributed by atoms with van der Waals surface area (Å²) in [6.45, 7) is 0.0729. The quantitative estimate of drug-likeness (QED) is 0.419. The molecule has 0 atom stereocenters. The van der Waals surface area contributed by atoms with Crippen molar-refractivity contribution in [3.05, 3.63) is 17.5 Å². The first-order valence-corrected chi connectivity index (χ1v) is 6.74. The van der Waals surface area contributed by atoms with Crippen LogP contribution in [0.2, 0.25) is 0 Å². The highest BCUT2D eigenvalue weighted by molar-refractivity contribution is 7.98. The lowest BCUT2D eigenvalue weighted by atomic mass is 10.2. The lowest BCUT2D eigenvalue weighted by Crippen LogP contribution is -2.35. The van der Waals surface area contributed by atoms with Gasteiger partial charge in [-0.25, -0.2) is 14.8 Å². The van der Waals surface area contributed by atoms with E-state index in [2.05, 4.69) is 15.3 Å². The second kappa shape index (κ2) is 7.78. The summed E-state index contributed by atoms with van der Waals surface area (Å²) in [4.78, 5) is 30.8. The third-order valence-corrected chi connectivity index (χ3v) is 2.91. The Kier molecular flexibility index (Phi) is 6.36. The Morgan fingerprint density at radius 3 is 2.60 bits per heavy atom. The molecule has 0 fully saturated rings. The first-order chi connectivity index (χ1) is 9.53. The summed E-state index contributed by atoms with van der Waals surface area (Å²) in [6, 6.07) is 0. The zero-order chi connectivity index (χ0) is 15.1. The molecule has 0 aliphatic carbocycles. The van der Waals surface area contributed by atoms with E-state index in [1.807, 2.05) is 0 Å². The summed E-state index contributed by atoms with van der Waals surface area (Å²) in [6.07, 6.45) is 2.22. The third kappa shape index (κ3) is 4.15. The Morgan fingerprint density at radius 2 is 2.10 bits per heavy atom. The lowest BCUT2D eigenvalue weighted by Gasteiger charge is -2.14. The van der Waals surface area contributed by atoms with Gasteiger partial charge in [0.05, 0.1) is 6.54 Å². The number of hydrogen-bond acceptors (Lipinski definition) is 7. The first kappa shape index (κ1) is 16.3. The van der Waals surface area contributed by atoms with Gasteiger partial charge in [0.1, 0.15) is 11.3 Å². The highest BCUT2D eigenvalue weighted by Gasteiger charge is 2.20. The molecule has 110 valence electrons. The summed E-state index contributed by atoms with van der Waals surface area (Å²) in [5, 5.41) is 11.8. The number of methoxy groups -OCH3 is 2. The van der Waals surface area contributed by atoms with E-state index in [9.17, 15) is 9.59 Å². The van der Waals surface area contributed by atoms with Crippen molar-refractivity contribution in [1.29, 1.82) is 0 Å². The van der Waals surface area contributed by atoms with Gasteiger partial charge in [0, 0.05) is 20.4 Å². The van der Waals surface area contributed by atoms with Gasteiger partial charge in [0.2, 0.25) is 0 Å². The molecular formula is C11H15N3O5S. The van der Waals surface area contributed by atoms with E-state index >= 15 is 0 Å². The van der Waals surface area contributed by atoms with Crippen LogP contribution in [0.15, 0.2) is 11.4 Å². The fourth-order valence-corrected chi connectivity index (χ4v) is 1.66. The van der Waals surface area contributed by atoms with Gasteiger partial charge < -0.3 is 19.9 Å². The second-order valence-electron chi connectivity index (χ2n) is 3.54. The number of nitrogens with zero attached hydrogens (tertiary/aromatic N) is 2. The zero-order valence-corrected chi connectivity index (χ0v) is 12.1. The maximum atomic E-state index is 12.0. The molecule has 8 nitrogen and oxygen atoms in total. The monoisotopic (exact) mass is 301 g/mol. The van der Waals surface area contributed by atoms with Crippen LogP contribution in [0.4, 0.5) is 0 Å². The van der Waals surface area contributed by atoms with Crippen molar-refractivity contribution in [2.45, 2.75) is 11.4 Å². The van der Waals surface area contributed by atoms with Gasteiger partial charge in [-0.3, -0.25) is 4.79 Å². The van der Waals surface area contributed by atoms with Gasteiger partial charge in [-0.1, -0.05) is 11.8 Å². The standard InChI is InChI=1S/C11H15N3O5S/c1-18-7(19-2)5-12-9(15)8-6(10(16)17)4-13-11(14-8)20-3/h4,7H,5H2,1-3H3,(H,12,15)(H,16,17). The largest absolute Gasteiger partial charge is 0.478 e. The molecule has 0 aromatic carbocycles. The van der Waals surface area contributed by atoms with E-state index in [0.29, 0.717) is 5.16 Å². The van der Waals surface area contributed by atoms with Crippen LogP contribution in [-0.4, -0.2) is 60.3 Å². The number of aromatic carboxylic acids is 1. The normalized spacial score (nSPS) is 10.6. The number of hydrogen-bond donors (Lipinski definition) is 2. The van der Waals surface area contributed by atoms with E-state index in [0.717, 1.165) is 6.20 Å². The summed E-state index contributed by atoms with van der Waals surface area (Å²) >= 11 is 1.21. The SMILES string of the molecule is COC(CNC(=O)c1nc(SC)ncc1C(=O)O)OC. The molecule has 2 N–H and O–H groups in total. The summed E-state index contributed by atoms with van der Waals surface area (Å²) in [5.74, 6) is -1.89. The average Bonchev–Trinajstić information content (AvgIpc) is 2.47. The Hall–Kier alpha value is -1.71. The van der Waals surface area contributed by atoms with Gasteiger partial charge in [0.15, 0.2) is 11.4 Å². The molecule has 1 aromatic heterocycles. The average molecular weight is 301 g/mol. The van der Waals surface area contributed by atoms with Crippen molar-refractivity contribution in [1.82, 2.24) is 15.3 Å². The number of rotatable bonds is 7. The molecule has 0 aliphatic rings. The Labute approximate surface area is 119 Å². The van der Waals surface area contributed by atoms with Gasteiger partial charge in [-0.05, 0) is 6.26 Å². The number of thioether (sulfide) groups is 1. The van der Waals surface area contributed by atoms with E-state index in [1.54, 1.807) is 6.26 Å². The van der Waals surface area contributed by atoms with E-state index in [1.165, 1.54) is 26.0 Å². The Morgan fingerprint density at radius 1 is 1.45 bits per heavy atom. The number of nitrogens with one attached hydrogen (secondary N) is 1. The molecule has 0 unspecified atom stereocenters. The van der Waals surface area contributed by atoms with Crippen molar-refractivity contribution < 1.29 is 24.2 Å². The van der Waals surface area contributed by atoms with Gasteiger partial charge in [0.25, 0.3) is 5.91 Å². The van der Waals surface area contributed by atoms with Gasteiger partial charge >= 0.3 is 5.97 Å². The van der Waals surface area contributed by atoms with Crippen LogP contribution >= 0.6 is 11.8 Å². The van der Waals surface area contributed by atoms with E-state index in [-0.39, 0.29) is 17.8 Å². The fraction of sp³-hybridized carbons (Fsp3) is 0.455. The van der Waals surface area contributed by atoms with Crippen LogP contribution in [-0.2, 0) is 9.47 Å². The number of carbonyl (C=O) groups is 2. The lowest BCUT2D eigenvalue weighted by molar-refractivity contribution is -0.0974. The molecule has 0 radical (unpaired) electrons. The van der Waals surface area contributed by atoms with Crippen LogP contribution < -0.4 is 5.32 Å². The van der Waals surface area contributed by atoms with Crippen LogP contribution in [0.1, 0.15) is 20.8 Å². The minimum atomic E-state index is -1.27. The molecule has 9 heteroatoms. The smallest absolute Gasteiger partial charge is 0.339 e. The molecule has 1 aromatic rings. The highest BCUT2D eigenvalue weighted by Crippen LogP contribution is 2.12. The predicted molar refractivity (Wildman–Crippen MR) is 70.9 cm³/mol. The molecule has 1 amide bonds. The minimum absolute atomic E-state index is 0.0729. The number of aromatic nitrogens is 2. The van der Waals surface area contributed by atoms with E-state index in [4.69, 9.17) is 14.6 Å². The maximum Gasteiger partial charge on any atom is 0.339 e. The van der Waals surface area contributed by atoms with Crippen molar-refractivity contribution in [2.75, 3.05) is 27.0 Å². The number of carbonyl (C=O) groups excluding carboxylic acids is 1. The van der Waals surface area contributed by atoms with E-state index < -0.39 is 18.2 Å². The Bertz CT molecular complexity index is 493. The zero-order valence-electron chi connectivity index (χ0n) is 11.2. The van der Waals surface area contributed by atoms with Crippen molar-refractivity contribution in [3.63, 3.8) is 0 Å². The van der Waals surface area contributed by atoms with Crippen LogP contribution in [0, 0.1) is 0 Å². The molecule has 0 saturated carbocycles. The van der Waals surface area contributed by atoms with Crippen molar-refractivity contribution in [3.8, 4) is 0 Å². The molecule has 1 heterocycles. The topological polar surface area (TPSA) is 111 Å². The number of carboxylic acids is 1. The molecule has 0 spiro atoms. The number of amides is 1. The number of carboxylic acid groups (broad SMARTS) is 1. The maximum absolute atomic E-state index is 12.0. The summed E-state index contributed by atoms with van der Waals surface area (Å²) in [7, 11) is 2.86. The Balaban J connectivity index is 2.92. The second-order valence-corrected chi connectivity index (χ2v) is 4.31. The fourth-order valence-electron chi connectivity index (χ4n) is 1.32. The molecule has 20 heavy (non-hydrogen) atoms. The van der Waals surface area contributed by atoms with Crippen LogP contribution in [0.5, 0.6) is 0 Å². The molecular weight excluding hydrogens is 286 g/mol. The van der Waals surface area contributed by atoms with Gasteiger partial charge in [-0.15, -0.1) is 0 Å². The van der Waals surface area contributed by atoms with Crippen LogP contribution in [0.25, 0.3) is 0 Å². The van der Waals surface area contributed by atoms with Crippen molar-refractivity contribution in [2.24, 2.45) is 0 Å². The molecule has 0 aliphatic heterocycles. The minimum Gasteiger partial charge on any atom is -0.478 e. The highest BCUT2D eigenvalue weighted by atomic mass is 32.2. The third-order valence-electron chi connectivity index (χ3n) is 2.35. The van der Waals surface area contributed by atoms with Gasteiger partial charge in [-0.2, -0.15) is 0 Å². The predicted octanol–water partition coefficient (Wildman–Crippen LogP) is 0.245. The molecule has 1 rings (SSSR count). The molecule has 0 bridgehead atoms. The molecule has 0 saturated heterocycles.